The van der Waals surface area contributed by atoms with Gasteiger partial charge in [-0.05, 0) is 30.4 Å². The number of carbonyl (C=O) groups excluding carboxylic acids is 1. The normalized spacial score (nSPS) is 38.2. The fraction of sp³-hybridized carbons (Fsp3) is 0.833. The van der Waals surface area contributed by atoms with E-state index in [1.165, 1.54) is 0 Å². The van der Waals surface area contributed by atoms with Gasteiger partial charge in [-0.15, -0.1) is 0 Å². The van der Waals surface area contributed by atoms with Crippen molar-refractivity contribution in [2.45, 2.75) is 44.7 Å². The van der Waals surface area contributed by atoms with E-state index >= 15 is 0 Å². The summed E-state index contributed by atoms with van der Waals surface area (Å²) < 4.78 is 0. The molecule has 2 heterocycles. The van der Waals surface area contributed by atoms with E-state index in [2.05, 4.69) is 29.5 Å². The second kappa shape index (κ2) is 3.64. The molecule has 1 atom stereocenters. The van der Waals surface area contributed by atoms with E-state index < -0.39 is 5.54 Å². The zero-order valence-corrected chi connectivity index (χ0v) is 11.2. The lowest BCUT2D eigenvalue weighted by molar-refractivity contribution is -0.127. The minimum atomic E-state index is -0.455. The Morgan fingerprint density at radius 3 is 2.82 bits per heavy atom. The number of nitrogens with one attached hydrogen (secondary N) is 2. The van der Waals surface area contributed by atoms with Crippen molar-refractivity contribution in [2.24, 2.45) is 10.4 Å². The Balaban J connectivity index is 1.88. The van der Waals surface area contributed by atoms with E-state index in [0.717, 1.165) is 30.8 Å². The standard InChI is InChI=1S/C12H19N3OS/c1-11(2)5-6-17-7-12(11)9(16)14-10(15-12)13-8-3-4-8/h8H,3-7H2,1-2H3,(H2,13,14,15,16). The van der Waals surface area contributed by atoms with Crippen LogP contribution in [0.4, 0.5) is 0 Å². The summed E-state index contributed by atoms with van der Waals surface area (Å²) in [5, 5.41) is 6.31. The first-order valence-electron chi connectivity index (χ1n) is 6.29. The fourth-order valence-electron chi connectivity index (χ4n) is 2.49. The van der Waals surface area contributed by atoms with Crippen molar-refractivity contribution < 1.29 is 4.79 Å². The number of rotatable bonds is 1. The van der Waals surface area contributed by atoms with Crippen molar-refractivity contribution in [3.05, 3.63) is 0 Å². The van der Waals surface area contributed by atoms with Crippen LogP contribution in [0.3, 0.4) is 0 Å². The summed E-state index contributed by atoms with van der Waals surface area (Å²) in [5.74, 6) is 2.79. The van der Waals surface area contributed by atoms with Crippen molar-refractivity contribution in [3.63, 3.8) is 0 Å². The largest absolute Gasteiger partial charge is 0.340 e. The van der Waals surface area contributed by atoms with E-state index in [-0.39, 0.29) is 11.3 Å². The minimum absolute atomic E-state index is 0.0108. The maximum absolute atomic E-state index is 12.3. The smallest absolute Gasteiger partial charge is 0.253 e. The van der Waals surface area contributed by atoms with Crippen LogP contribution in [0.25, 0.3) is 0 Å². The highest BCUT2D eigenvalue weighted by Gasteiger charge is 2.56. The predicted molar refractivity (Wildman–Crippen MR) is 70.2 cm³/mol. The van der Waals surface area contributed by atoms with Gasteiger partial charge in [0.05, 0.1) is 6.04 Å². The van der Waals surface area contributed by atoms with Gasteiger partial charge in [0.15, 0.2) is 5.96 Å². The zero-order valence-electron chi connectivity index (χ0n) is 10.4. The summed E-state index contributed by atoms with van der Waals surface area (Å²) in [7, 11) is 0. The first-order chi connectivity index (χ1) is 8.03. The third-order valence-corrected chi connectivity index (χ3v) is 5.29. The zero-order chi connectivity index (χ0) is 12.1. The molecular weight excluding hydrogens is 234 g/mol. The third kappa shape index (κ3) is 1.75. The number of aliphatic imine (C=N–C) groups is 1. The Labute approximate surface area is 106 Å². The lowest BCUT2D eigenvalue weighted by Gasteiger charge is -2.45. The molecule has 5 heteroatoms. The molecule has 0 aromatic heterocycles. The van der Waals surface area contributed by atoms with Gasteiger partial charge in [0.25, 0.3) is 5.91 Å². The Hall–Kier alpha value is -0.710. The second-order valence-corrected chi connectivity index (χ2v) is 6.98. The molecule has 17 heavy (non-hydrogen) atoms. The van der Waals surface area contributed by atoms with Crippen LogP contribution in [-0.2, 0) is 4.79 Å². The quantitative estimate of drug-likeness (QED) is 0.736. The molecule has 3 fully saturated rings. The Bertz CT molecular complexity index is 389. The molecule has 0 radical (unpaired) electrons. The Morgan fingerprint density at radius 2 is 2.18 bits per heavy atom. The highest BCUT2D eigenvalue weighted by molar-refractivity contribution is 7.99. The molecular formula is C12H19N3OS. The van der Waals surface area contributed by atoms with Crippen LogP contribution in [0, 0.1) is 5.41 Å². The summed E-state index contributed by atoms with van der Waals surface area (Å²) in [4.78, 5) is 16.8. The number of hydrogen-bond donors (Lipinski definition) is 2. The van der Waals surface area contributed by atoms with Crippen molar-refractivity contribution in [1.29, 1.82) is 0 Å². The molecule has 1 amide bonds. The van der Waals surface area contributed by atoms with E-state index in [0.29, 0.717) is 12.0 Å². The highest BCUT2D eigenvalue weighted by atomic mass is 32.2. The number of amides is 1. The first-order valence-corrected chi connectivity index (χ1v) is 7.44. The summed E-state index contributed by atoms with van der Waals surface area (Å²) in [5.41, 5.74) is -0.465. The van der Waals surface area contributed by atoms with Crippen LogP contribution in [0.15, 0.2) is 4.99 Å². The summed E-state index contributed by atoms with van der Waals surface area (Å²) in [6.45, 7) is 4.36. The van der Waals surface area contributed by atoms with E-state index in [1.807, 2.05) is 11.8 Å². The molecule has 1 unspecified atom stereocenters. The van der Waals surface area contributed by atoms with Gasteiger partial charge in [-0.1, -0.05) is 13.8 Å². The molecule has 3 aliphatic rings. The van der Waals surface area contributed by atoms with Gasteiger partial charge in [0.1, 0.15) is 5.54 Å². The minimum Gasteiger partial charge on any atom is -0.340 e. The third-order valence-electron chi connectivity index (χ3n) is 4.16. The summed E-state index contributed by atoms with van der Waals surface area (Å²) in [6.07, 6.45) is 3.38. The molecule has 0 aromatic carbocycles. The lowest BCUT2D eigenvalue weighted by atomic mass is 9.71. The summed E-state index contributed by atoms with van der Waals surface area (Å²) >= 11 is 1.86. The van der Waals surface area contributed by atoms with Crippen LogP contribution in [-0.4, -0.2) is 35.0 Å². The monoisotopic (exact) mass is 253 g/mol. The van der Waals surface area contributed by atoms with Crippen LogP contribution in [0.2, 0.25) is 0 Å². The Kier molecular flexibility index (Phi) is 2.44. The van der Waals surface area contributed by atoms with Gasteiger partial charge in [-0.25, -0.2) is 4.99 Å². The van der Waals surface area contributed by atoms with Crippen LogP contribution >= 0.6 is 11.8 Å². The number of thioether (sulfide) groups is 1. The molecule has 2 saturated heterocycles. The maximum Gasteiger partial charge on any atom is 0.253 e. The van der Waals surface area contributed by atoms with E-state index in [9.17, 15) is 4.79 Å². The molecule has 4 nitrogen and oxygen atoms in total. The molecule has 3 rings (SSSR count). The van der Waals surface area contributed by atoms with Crippen molar-refractivity contribution in [1.82, 2.24) is 10.6 Å². The van der Waals surface area contributed by atoms with E-state index in [1.54, 1.807) is 0 Å². The van der Waals surface area contributed by atoms with Crippen LogP contribution < -0.4 is 10.6 Å². The highest BCUT2D eigenvalue weighted by Crippen LogP contribution is 2.43. The average molecular weight is 253 g/mol. The SMILES string of the molecule is CC1(C)CCSCC12NC(=NC1CC1)NC2=O. The van der Waals surface area contributed by atoms with Crippen LogP contribution in [0.5, 0.6) is 0 Å². The van der Waals surface area contributed by atoms with E-state index in [4.69, 9.17) is 0 Å². The van der Waals surface area contributed by atoms with Gasteiger partial charge in [0.2, 0.25) is 0 Å². The van der Waals surface area contributed by atoms with Gasteiger partial charge in [0, 0.05) is 5.75 Å². The summed E-state index contributed by atoms with van der Waals surface area (Å²) in [6, 6.07) is 0.437. The molecule has 2 N–H and O–H groups in total. The second-order valence-electron chi connectivity index (χ2n) is 5.88. The molecule has 1 saturated carbocycles. The number of hydrogen-bond acceptors (Lipinski definition) is 3. The Morgan fingerprint density at radius 1 is 1.41 bits per heavy atom. The predicted octanol–water partition coefficient (Wildman–Crippen LogP) is 1.13. The lowest BCUT2D eigenvalue weighted by Crippen LogP contribution is -2.61. The average Bonchev–Trinajstić information content (AvgIpc) is 2.98. The van der Waals surface area contributed by atoms with Gasteiger partial charge in [-0.2, -0.15) is 11.8 Å². The van der Waals surface area contributed by atoms with Crippen molar-refractivity contribution in [3.8, 4) is 0 Å². The van der Waals surface area contributed by atoms with Crippen molar-refractivity contribution >= 4 is 23.6 Å². The molecule has 1 spiro atoms. The first kappa shape index (κ1) is 11.4. The molecule has 0 aromatic rings. The molecule has 94 valence electrons. The van der Waals surface area contributed by atoms with Gasteiger partial charge >= 0.3 is 0 Å². The fourth-order valence-corrected chi connectivity index (χ4v) is 4.19. The van der Waals surface area contributed by atoms with Gasteiger partial charge < -0.3 is 5.32 Å². The molecule has 1 aliphatic carbocycles. The number of carbonyl (C=O) groups is 1. The maximum atomic E-state index is 12.3. The topological polar surface area (TPSA) is 53.5 Å². The van der Waals surface area contributed by atoms with Crippen molar-refractivity contribution in [2.75, 3.05) is 11.5 Å². The number of nitrogens with zero attached hydrogens (tertiary/aromatic N) is 1. The van der Waals surface area contributed by atoms with Crippen LogP contribution in [0.1, 0.15) is 33.1 Å². The van der Waals surface area contributed by atoms with Gasteiger partial charge in [-0.3, -0.25) is 10.1 Å². The molecule has 0 bridgehead atoms. The molecule has 2 aliphatic heterocycles. The number of guanidine groups is 1.